The lowest BCUT2D eigenvalue weighted by atomic mass is 10.2. The fraction of sp³-hybridized carbons (Fsp3) is 0.0476. The van der Waals surface area contributed by atoms with Crippen LogP contribution in [0.2, 0.25) is 0 Å². The molecule has 142 valence electrons. The van der Waals surface area contributed by atoms with E-state index in [4.69, 9.17) is 0 Å². The molecule has 0 heterocycles. The van der Waals surface area contributed by atoms with Gasteiger partial charge in [0.1, 0.15) is 11.6 Å². The van der Waals surface area contributed by atoms with Gasteiger partial charge in [-0.3, -0.25) is 9.59 Å². The second-order valence-corrected chi connectivity index (χ2v) is 5.89. The predicted molar refractivity (Wildman–Crippen MR) is 104 cm³/mol. The van der Waals surface area contributed by atoms with Crippen LogP contribution in [0.4, 0.5) is 25.8 Å². The van der Waals surface area contributed by atoms with Crippen molar-refractivity contribution in [3.8, 4) is 0 Å². The number of halogens is 2. The lowest BCUT2D eigenvalue weighted by molar-refractivity contribution is -0.114. The Hall–Kier alpha value is -3.74. The molecule has 3 aromatic carbocycles. The summed E-state index contributed by atoms with van der Waals surface area (Å²) in [5, 5.41) is 7.96. The van der Waals surface area contributed by atoms with Crippen LogP contribution in [0.15, 0.2) is 72.8 Å². The number of anilines is 3. The van der Waals surface area contributed by atoms with Gasteiger partial charge in [-0.1, -0.05) is 30.3 Å². The van der Waals surface area contributed by atoms with Crippen LogP contribution in [0, 0.1) is 11.6 Å². The molecule has 0 radical (unpaired) electrons. The van der Waals surface area contributed by atoms with E-state index in [0.29, 0.717) is 16.9 Å². The number of carbonyl (C=O) groups excluding carboxylic acids is 2. The molecule has 0 bridgehead atoms. The maximum Gasteiger partial charge on any atom is 0.255 e. The minimum absolute atomic E-state index is 0.200. The van der Waals surface area contributed by atoms with Gasteiger partial charge in [0, 0.05) is 11.6 Å². The van der Waals surface area contributed by atoms with Gasteiger partial charge in [0.05, 0.1) is 23.6 Å². The molecule has 2 amide bonds. The van der Waals surface area contributed by atoms with Crippen molar-refractivity contribution in [2.45, 2.75) is 0 Å². The number of hydrogen-bond donors (Lipinski definition) is 3. The lowest BCUT2D eigenvalue weighted by Gasteiger charge is -2.13. The summed E-state index contributed by atoms with van der Waals surface area (Å²) in [6.07, 6.45) is 0. The van der Waals surface area contributed by atoms with Crippen molar-refractivity contribution in [3.05, 3.63) is 90.0 Å². The molecule has 0 atom stereocenters. The maximum atomic E-state index is 13.6. The van der Waals surface area contributed by atoms with E-state index in [9.17, 15) is 18.4 Å². The standard InChI is InChI=1S/C21H17F2N3O2/c22-15-10-11-16(23)19(12-15)25-20(27)13-24-17-8-4-5-9-18(17)26-21(28)14-6-2-1-3-7-14/h1-12,24H,13H2,(H,25,27)(H,26,28). The first-order chi connectivity index (χ1) is 13.5. The average Bonchev–Trinajstić information content (AvgIpc) is 2.71. The first-order valence-corrected chi connectivity index (χ1v) is 8.47. The molecule has 0 fully saturated rings. The fourth-order valence-corrected chi connectivity index (χ4v) is 2.49. The normalized spacial score (nSPS) is 10.2. The number of hydrogen-bond acceptors (Lipinski definition) is 3. The summed E-state index contributed by atoms with van der Waals surface area (Å²) in [5.41, 5.74) is 1.26. The molecule has 0 aliphatic heterocycles. The fourth-order valence-electron chi connectivity index (χ4n) is 2.49. The first-order valence-electron chi connectivity index (χ1n) is 8.47. The highest BCUT2D eigenvalue weighted by Crippen LogP contribution is 2.22. The number of rotatable bonds is 6. The van der Waals surface area contributed by atoms with Gasteiger partial charge < -0.3 is 16.0 Å². The van der Waals surface area contributed by atoms with E-state index in [1.54, 1.807) is 48.5 Å². The summed E-state index contributed by atoms with van der Waals surface area (Å²) in [6.45, 7) is -0.200. The summed E-state index contributed by atoms with van der Waals surface area (Å²) < 4.78 is 26.8. The van der Waals surface area contributed by atoms with Crippen LogP contribution in [0.3, 0.4) is 0 Å². The van der Waals surface area contributed by atoms with E-state index in [1.165, 1.54) is 0 Å². The minimum Gasteiger partial charge on any atom is -0.374 e. The minimum atomic E-state index is -0.731. The highest BCUT2D eigenvalue weighted by molar-refractivity contribution is 6.06. The van der Waals surface area contributed by atoms with Crippen molar-refractivity contribution >= 4 is 28.9 Å². The molecule has 28 heavy (non-hydrogen) atoms. The second kappa shape index (κ2) is 8.77. The van der Waals surface area contributed by atoms with Gasteiger partial charge in [-0.15, -0.1) is 0 Å². The summed E-state index contributed by atoms with van der Waals surface area (Å²) >= 11 is 0. The van der Waals surface area contributed by atoms with Crippen molar-refractivity contribution < 1.29 is 18.4 Å². The van der Waals surface area contributed by atoms with Crippen molar-refractivity contribution in [1.82, 2.24) is 0 Å². The maximum absolute atomic E-state index is 13.6. The quantitative estimate of drug-likeness (QED) is 0.597. The van der Waals surface area contributed by atoms with E-state index < -0.39 is 17.5 Å². The third-order valence-electron chi connectivity index (χ3n) is 3.85. The van der Waals surface area contributed by atoms with Crippen LogP contribution in [0.25, 0.3) is 0 Å². The molecule has 3 aromatic rings. The molecular formula is C21H17F2N3O2. The number of para-hydroxylation sites is 2. The third-order valence-corrected chi connectivity index (χ3v) is 3.85. The van der Waals surface area contributed by atoms with Crippen LogP contribution in [0.1, 0.15) is 10.4 Å². The van der Waals surface area contributed by atoms with Gasteiger partial charge in [0.25, 0.3) is 5.91 Å². The van der Waals surface area contributed by atoms with E-state index in [-0.39, 0.29) is 18.1 Å². The second-order valence-electron chi connectivity index (χ2n) is 5.89. The van der Waals surface area contributed by atoms with Crippen molar-refractivity contribution in [2.24, 2.45) is 0 Å². The molecule has 0 saturated heterocycles. The Labute approximate surface area is 160 Å². The Balaban J connectivity index is 1.64. The number of amides is 2. The smallest absolute Gasteiger partial charge is 0.255 e. The van der Waals surface area contributed by atoms with Crippen molar-refractivity contribution in [2.75, 3.05) is 22.5 Å². The van der Waals surface area contributed by atoms with Gasteiger partial charge in [0.2, 0.25) is 5.91 Å². The Morgan fingerprint density at radius 3 is 2.18 bits per heavy atom. The van der Waals surface area contributed by atoms with Crippen LogP contribution in [0.5, 0.6) is 0 Å². The molecule has 0 unspecified atom stereocenters. The van der Waals surface area contributed by atoms with Gasteiger partial charge in [0.15, 0.2) is 0 Å². The highest BCUT2D eigenvalue weighted by Gasteiger charge is 2.11. The average molecular weight is 381 g/mol. The molecule has 0 aliphatic carbocycles. The first kappa shape index (κ1) is 19.0. The monoisotopic (exact) mass is 381 g/mol. The zero-order chi connectivity index (χ0) is 19.9. The van der Waals surface area contributed by atoms with E-state index in [2.05, 4.69) is 16.0 Å². The van der Waals surface area contributed by atoms with Gasteiger partial charge >= 0.3 is 0 Å². The van der Waals surface area contributed by atoms with E-state index >= 15 is 0 Å². The third kappa shape index (κ3) is 4.91. The van der Waals surface area contributed by atoms with Crippen molar-refractivity contribution in [3.63, 3.8) is 0 Å². The number of nitrogens with one attached hydrogen (secondary N) is 3. The summed E-state index contributed by atoms with van der Waals surface area (Å²) in [7, 11) is 0. The van der Waals surface area contributed by atoms with Crippen molar-refractivity contribution in [1.29, 1.82) is 0 Å². The molecular weight excluding hydrogens is 364 g/mol. The zero-order valence-electron chi connectivity index (χ0n) is 14.7. The largest absolute Gasteiger partial charge is 0.374 e. The molecule has 5 nitrogen and oxygen atoms in total. The van der Waals surface area contributed by atoms with Crippen LogP contribution in [-0.2, 0) is 4.79 Å². The van der Waals surface area contributed by atoms with Crippen LogP contribution in [-0.4, -0.2) is 18.4 Å². The molecule has 3 N–H and O–H groups in total. The van der Waals surface area contributed by atoms with Gasteiger partial charge in [-0.05, 0) is 36.4 Å². The summed E-state index contributed by atoms with van der Waals surface area (Å²) in [4.78, 5) is 24.4. The summed E-state index contributed by atoms with van der Waals surface area (Å²) in [5.74, 6) is -2.24. The van der Waals surface area contributed by atoms with Gasteiger partial charge in [-0.25, -0.2) is 8.78 Å². The molecule has 3 rings (SSSR count). The molecule has 0 aromatic heterocycles. The number of benzene rings is 3. The van der Waals surface area contributed by atoms with Crippen LogP contribution >= 0.6 is 0 Å². The topological polar surface area (TPSA) is 70.2 Å². The molecule has 7 heteroatoms. The highest BCUT2D eigenvalue weighted by atomic mass is 19.1. The van der Waals surface area contributed by atoms with Gasteiger partial charge in [-0.2, -0.15) is 0 Å². The molecule has 0 saturated carbocycles. The zero-order valence-corrected chi connectivity index (χ0v) is 14.7. The van der Waals surface area contributed by atoms with E-state index in [0.717, 1.165) is 18.2 Å². The Bertz CT molecular complexity index is 994. The molecule has 0 spiro atoms. The summed E-state index contributed by atoms with van der Waals surface area (Å²) in [6, 6.07) is 18.4. The Kier molecular flexibility index (Phi) is 5.96. The van der Waals surface area contributed by atoms with E-state index in [1.807, 2.05) is 6.07 Å². The SMILES string of the molecule is O=C(CNc1ccccc1NC(=O)c1ccccc1)Nc1cc(F)ccc1F. The predicted octanol–water partition coefficient (Wildman–Crippen LogP) is 4.27. The lowest BCUT2D eigenvalue weighted by Crippen LogP contribution is -2.23. The Morgan fingerprint density at radius 1 is 0.750 bits per heavy atom. The number of carbonyl (C=O) groups is 2. The molecule has 0 aliphatic rings. The Morgan fingerprint density at radius 2 is 1.43 bits per heavy atom. The van der Waals surface area contributed by atoms with Crippen LogP contribution < -0.4 is 16.0 Å².